The minimum atomic E-state index is -3.58. The van der Waals surface area contributed by atoms with Gasteiger partial charge in [0, 0.05) is 17.6 Å². The number of amides is 2. The smallest absolute Gasteiger partial charge is 0.312 e. The van der Waals surface area contributed by atoms with Crippen molar-refractivity contribution in [1.82, 2.24) is 10.0 Å². The van der Waals surface area contributed by atoms with E-state index in [1.54, 1.807) is 18.2 Å². The van der Waals surface area contributed by atoms with E-state index in [-0.39, 0.29) is 18.0 Å². The van der Waals surface area contributed by atoms with Gasteiger partial charge in [-0.3, -0.25) is 0 Å². The van der Waals surface area contributed by atoms with Crippen LogP contribution in [0.25, 0.3) is 0 Å². The summed E-state index contributed by atoms with van der Waals surface area (Å²) in [5, 5.41) is 2.28. The largest absolute Gasteiger partial charge is 0.352 e. The fourth-order valence-electron chi connectivity index (χ4n) is 1.11. The number of nitrogens with one attached hydrogen (secondary N) is 2. The van der Waals surface area contributed by atoms with Crippen molar-refractivity contribution >= 4 is 32.0 Å². The molecule has 0 aliphatic carbocycles. The van der Waals surface area contributed by atoms with Crippen molar-refractivity contribution in [2.45, 2.75) is 4.90 Å². The van der Waals surface area contributed by atoms with Crippen molar-refractivity contribution in [1.29, 1.82) is 0 Å². The molecule has 4 N–H and O–H groups in total. The molecule has 0 fully saturated rings. The van der Waals surface area contributed by atoms with Gasteiger partial charge in [-0.25, -0.2) is 17.9 Å². The summed E-state index contributed by atoms with van der Waals surface area (Å²) in [5.74, 6) is 0. The van der Waals surface area contributed by atoms with E-state index < -0.39 is 16.1 Å². The SMILES string of the molecule is NC(=O)NCCNS(=O)(=O)c1ccccc1Br. The van der Waals surface area contributed by atoms with Crippen LogP contribution in [0, 0.1) is 0 Å². The van der Waals surface area contributed by atoms with Gasteiger partial charge in [-0.1, -0.05) is 12.1 Å². The second kappa shape index (κ2) is 5.99. The summed E-state index contributed by atoms with van der Waals surface area (Å²) < 4.78 is 26.5. The van der Waals surface area contributed by atoms with E-state index in [0.717, 1.165) is 0 Å². The molecule has 1 aromatic rings. The minimum Gasteiger partial charge on any atom is -0.352 e. The molecule has 8 heteroatoms. The van der Waals surface area contributed by atoms with Crippen LogP contribution in [0.3, 0.4) is 0 Å². The lowest BCUT2D eigenvalue weighted by atomic mass is 10.4. The van der Waals surface area contributed by atoms with Crippen LogP contribution in [0.15, 0.2) is 33.6 Å². The quantitative estimate of drug-likeness (QED) is 0.684. The maximum Gasteiger partial charge on any atom is 0.312 e. The molecule has 6 nitrogen and oxygen atoms in total. The van der Waals surface area contributed by atoms with Crippen molar-refractivity contribution < 1.29 is 13.2 Å². The lowest BCUT2D eigenvalue weighted by Gasteiger charge is -2.08. The summed E-state index contributed by atoms with van der Waals surface area (Å²) >= 11 is 3.16. The Balaban J connectivity index is 2.64. The van der Waals surface area contributed by atoms with Gasteiger partial charge in [0.15, 0.2) is 0 Å². The summed E-state index contributed by atoms with van der Waals surface area (Å²) in [6.45, 7) is 0.214. The Bertz CT molecular complexity index is 504. The fourth-order valence-corrected chi connectivity index (χ4v) is 3.14. The second-order valence-electron chi connectivity index (χ2n) is 3.12. The highest BCUT2D eigenvalue weighted by atomic mass is 79.9. The van der Waals surface area contributed by atoms with Gasteiger partial charge in [-0.15, -0.1) is 0 Å². The maximum atomic E-state index is 11.8. The molecule has 0 heterocycles. The van der Waals surface area contributed by atoms with Crippen LogP contribution < -0.4 is 15.8 Å². The third-order valence-corrected chi connectivity index (χ3v) is 4.32. The number of sulfonamides is 1. The number of halogens is 1. The molecular formula is C9H12BrN3O3S. The third-order valence-electron chi connectivity index (χ3n) is 1.84. The zero-order chi connectivity index (χ0) is 12.9. The standard InChI is InChI=1S/C9H12BrN3O3S/c10-7-3-1-2-4-8(7)17(15,16)13-6-5-12-9(11)14/h1-4,13H,5-6H2,(H3,11,12,14). The van der Waals surface area contributed by atoms with Crippen molar-refractivity contribution in [3.63, 3.8) is 0 Å². The summed E-state index contributed by atoms with van der Waals surface area (Å²) in [5.41, 5.74) is 4.84. The molecule has 0 spiro atoms. The molecule has 0 unspecified atom stereocenters. The van der Waals surface area contributed by atoms with Gasteiger partial charge in [-0.2, -0.15) is 0 Å². The van der Waals surface area contributed by atoms with E-state index in [1.165, 1.54) is 6.07 Å². The van der Waals surface area contributed by atoms with E-state index in [0.29, 0.717) is 4.47 Å². The molecule has 0 radical (unpaired) electrons. The highest BCUT2D eigenvalue weighted by Gasteiger charge is 2.15. The fraction of sp³-hybridized carbons (Fsp3) is 0.222. The van der Waals surface area contributed by atoms with Crippen LogP contribution >= 0.6 is 15.9 Å². The number of primary amides is 1. The summed E-state index contributed by atoms with van der Waals surface area (Å²) in [6.07, 6.45) is 0. The number of carbonyl (C=O) groups excluding carboxylic acids is 1. The Labute approximate surface area is 108 Å². The van der Waals surface area contributed by atoms with Crippen molar-refractivity contribution in [2.75, 3.05) is 13.1 Å². The molecule has 0 saturated heterocycles. The molecular weight excluding hydrogens is 310 g/mol. The zero-order valence-corrected chi connectivity index (χ0v) is 11.2. The number of urea groups is 1. The lowest BCUT2D eigenvalue weighted by Crippen LogP contribution is -2.37. The zero-order valence-electron chi connectivity index (χ0n) is 8.81. The molecule has 2 amide bonds. The van der Waals surface area contributed by atoms with Crippen LogP contribution in [0.2, 0.25) is 0 Å². The first-order valence-corrected chi connectivity index (χ1v) is 6.98. The first-order chi connectivity index (χ1) is 7.93. The third kappa shape index (κ3) is 4.33. The number of hydrogen-bond acceptors (Lipinski definition) is 3. The van der Waals surface area contributed by atoms with E-state index in [1.807, 2.05) is 0 Å². The summed E-state index contributed by atoms with van der Waals surface area (Å²) in [4.78, 5) is 10.5. The molecule has 0 aromatic heterocycles. The molecule has 0 saturated carbocycles. The van der Waals surface area contributed by atoms with Crippen molar-refractivity contribution in [3.8, 4) is 0 Å². The van der Waals surface area contributed by atoms with Gasteiger partial charge in [0.05, 0.1) is 4.90 Å². The molecule has 1 rings (SSSR count). The minimum absolute atomic E-state index is 0.0760. The monoisotopic (exact) mass is 321 g/mol. The lowest BCUT2D eigenvalue weighted by molar-refractivity contribution is 0.249. The van der Waals surface area contributed by atoms with Crippen LogP contribution in [0.5, 0.6) is 0 Å². The van der Waals surface area contributed by atoms with Crippen LogP contribution in [-0.4, -0.2) is 27.5 Å². The van der Waals surface area contributed by atoms with Gasteiger partial charge in [0.25, 0.3) is 0 Å². The number of rotatable bonds is 5. The molecule has 0 bridgehead atoms. The Hall–Kier alpha value is -1.12. The second-order valence-corrected chi connectivity index (χ2v) is 5.71. The predicted octanol–water partition coefficient (Wildman–Crippen LogP) is 0.396. The van der Waals surface area contributed by atoms with Gasteiger partial charge in [0.2, 0.25) is 10.0 Å². The average molecular weight is 322 g/mol. The Morgan fingerprint density at radius 2 is 1.94 bits per heavy atom. The molecule has 1 aromatic carbocycles. The Kier molecular flexibility index (Phi) is 4.91. The topological polar surface area (TPSA) is 101 Å². The number of benzene rings is 1. The number of nitrogens with two attached hydrogens (primary N) is 1. The first-order valence-electron chi connectivity index (χ1n) is 4.71. The van der Waals surface area contributed by atoms with E-state index in [4.69, 9.17) is 5.73 Å². The molecule has 17 heavy (non-hydrogen) atoms. The van der Waals surface area contributed by atoms with E-state index >= 15 is 0 Å². The maximum absolute atomic E-state index is 11.8. The normalized spacial score (nSPS) is 11.1. The van der Waals surface area contributed by atoms with E-state index in [9.17, 15) is 13.2 Å². The van der Waals surface area contributed by atoms with Gasteiger partial charge < -0.3 is 11.1 Å². The number of carbonyl (C=O) groups is 1. The Morgan fingerprint density at radius 1 is 1.29 bits per heavy atom. The predicted molar refractivity (Wildman–Crippen MR) is 66.9 cm³/mol. The van der Waals surface area contributed by atoms with Gasteiger partial charge in [0.1, 0.15) is 0 Å². The van der Waals surface area contributed by atoms with Gasteiger partial charge in [-0.05, 0) is 28.1 Å². The first kappa shape index (κ1) is 13.9. The van der Waals surface area contributed by atoms with Crippen molar-refractivity contribution in [2.24, 2.45) is 5.73 Å². The summed E-state index contributed by atoms with van der Waals surface area (Å²) in [7, 11) is -3.58. The van der Waals surface area contributed by atoms with Crippen LogP contribution in [0.4, 0.5) is 4.79 Å². The van der Waals surface area contributed by atoms with Crippen LogP contribution in [-0.2, 0) is 10.0 Å². The van der Waals surface area contributed by atoms with Crippen LogP contribution in [0.1, 0.15) is 0 Å². The van der Waals surface area contributed by atoms with Gasteiger partial charge >= 0.3 is 6.03 Å². The highest BCUT2D eigenvalue weighted by molar-refractivity contribution is 9.10. The van der Waals surface area contributed by atoms with Crippen molar-refractivity contribution in [3.05, 3.63) is 28.7 Å². The molecule has 94 valence electrons. The Morgan fingerprint density at radius 3 is 2.53 bits per heavy atom. The molecule has 0 aliphatic heterocycles. The highest BCUT2D eigenvalue weighted by Crippen LogP contribution is 2.20. The summed E-state index contributed by atoms with van der Waals surface area (Å²) in [6, 6.07) is 5.77. The number of hydrogen-bond donors (Lipinski definition) is 3. The van der Waals surface area contributed by atoms with E-state index in [2.05, 4.69) is 26.0 Å². The average Bonchev–Trinajstić information content (AvgIpc) is 2.24. The molecule has 0 atom stereocenters. The molecule has 0 aliphatic rings.